The molecule has 98 valence electrons. The van der Waals surface area contributed by atoms with E-state index in [0.717, 1.165) is 31.5 Å². The van der Waals surface area contributed by atoms with Crippen LogP contribution >= 0.6 is 0 Å². The number of aliphatic hydroxyl groups is 1. The Labute approximate surface area is 107 Å². The molecular formula is C13H19N3O2. The molecule has 0 radical (unpaired) electrons. The number of aromatic nitrogens is 1. The molecule has 0 saturated heterocycles. The van der Waals surface area contributed by atoms with Crippen molar-refractivity contribution in [1.82, 2.24) is 10.3 Å². The zero-order valence-electron chi connectivity index (χ0n) is 10.5. The van der Waals surface area contributed by atoms with E-state index >= 15 is 0 Å². The molecule has 5 nitrogen and oxygen atoms in total. The highest BCUT2D eigenvalue weighted by Crippen LogP contribution is 2.25. The van der Waals surface area contributed by atoms with E-state index in [0.29, 0.717) is 11.6 Å². The Balaban J connectivity index is 1.91. The summed E-state index contributed by atoms with van der Waals surface area (Å²) < 4.78 is 0. The molecule has 0 aliphatic heterocycles. The number of anilines is 1. The summed E-state index contributed by atoms with van der Waals surface area (Å²) >= 11 is 0. The average molecular weight is 249 g/mol. The molecule has 0 aromatic carbocycles. The third-order valence-corrected chi connectivity index (χ3v) is 3.33. The fourth-order valence-electron chi connectivity index (χ4n) is 2.29. The largest absolute Gasteiger partial charge is 0.393 e. The van der Waals surface area contributed by atoms with Crippen LogP contribution in [0.4, 0.5) is 5.69 Å². The third kappa shape index (κ3) is 3.20. The van der Waals surface area contributed by atoms with Gasteiger partial charge in [-0.05, 0) is 37.3 Å². The van der Waals surface area contributed by atoms with Gasteiger partial charge in [0, 0.05) is 25.5 Å². The monoisotopic (exact) mass is 249 g/mol. The Morgan fingerprint density at radius 2 is 2.39 bits per heavy atom. The van der Waals surface area contributed by atoms with Gasteiger partial charge in [0.2, 0.25) is 0 Å². The van der Waals surface area contributed by atoms with Crippen LogP contribution in [0.3, 0.4) is 0 Å². The van der Waals surface area contributed by atoms with Crippen LogP contribution in [0.1, 0.15) is 29.8 Å². The first-order valence-corrected chi connectivity index (χ1v) is 6.29. The first kappa shape index (κ1) is 12.8. The van der Waals surface area contributed by atoms with Gasteiger partial charge in [-0.15, -0.1) is 0 Å². The van der Waals surface area contributed by atoms with Gasteiger partial charge < -0.3 is 15.7 Å². The predicted molar refractivity (Wildman–Crippen MR) is 69.5 cm³/mol. The van der Waals surface area contributed by atoms with Gasteiger partial charge in [-0.3, -0.25) is 9.78 Å². The van der Waals surface area contributed by atoms with Gasteiger partial charge in [-0.1, -0.05) is 0 Å². The number of rotatable bonds is 4. The van der Waals surface area contributed by atoms with Gasteiger partial charge in [0.1, 0.15) is 5.69 Å². The lowest BCUT2D eigenvalue weighted by Crippen LogP contribution is -2.19. The summed E-state index contributed by atoms with van der Waals surface area (Å²) in [6, 6.07) is 3.59. The van der Waals surface area contributed by atoms with Crippen LogP contribution in [0.25, 0.3) is 0 Å². The predicted octanol–water partition coefficient (Wildman–Crippen LogP) is 1.01. The molecule has 1 aliphatic rings. The second kappa shape index (κ2) is 5.82. The molecule has 2 rings (SSSR count). The van der Waals surface area contributed by atoms with E-state index in [1.54, 1.807) is 19.3 Å². The number of carbonyl (C=O) groups excluding carboxylic acids is 1. The molecule has 1 amide bonds. The molecule has 1 saturated carbocycles. The van der Waals surface area contributed by atoms with Crippen molar-refractivity contribution in [3.05, 3.63) is 24.0 Å². The molecule has 2 atom stereocenters. The number of hydrogen-bond donors (Lipinski definition) is 3. The highest BCUT2D eigenvalue weighted by Gasteiger charge is 2.22. The van der Waals surface area contributed by atoms with E-state index in [-0.39, 0.29) is 12.0 Å². The number of nitrogens with zero attached hydrogens (tertiary/aromatic N) is 1. The highest BCUT2D eigenvalue weighted by molar-refractivity contribution is 5.92. The minimum atomic E-state index is -0.185. The summed E-state index contributed by atoms with van der Waals surface area (Å²) in [7, 11) is 1.59. The molecule has 1 aromatic rings. The van der Waals surface area contributed by atoms with E-state index in [9.17, 15) is 9.90 Å². The Bertz CT molecular complexity index is 422. The van der Waals surface area contributed by atoms with Gasteiger partial charge in [-0.25, -0.2) is 0 Å². The summed E-state index contributed by atoms with van der Waals surface area (Å²) in [6.07, 6.45) is 4.29. The van der Waals surface area contributed by atoms with E-state index in [4.69, 9.17) is 0 Å². The molecule has 3 N–H and O–H groups in total. The Morgan fingerprint density at radius 1 is 1.56 bits per heavy atom. The zero-order chi connectivity index (χ0) is 13.0. The van der Waals surface area contributed by atoms with Crippen molar-refractivity contribution in [3.8, 4) is 0 Å². The maximum Gasteiger partial charge on any atom is 0.269 e. The number of pyridine rings is 1. The molecule has 1 fully saturated rings. The van der Waals surface area contributed by atoms with E-state index in [2.05, 4.69) is 15.6 Å². The molecule has 1 aliphatic carbocycles. The van der Waals surface area contributed by atoms with Crippen molar-refractivity contribution in [3.63, 3.8) is 0 Å². The van der Waals surface area contributed by atoms with Gasteiger partial charge in [0.15, 0.2) is 0 Å². The number of aliphatic hydroxyl groups excluding tert-OH is 1. The Kier molecular flexibility index (Phi) is 4.15. The van der Waals surface area contributed by atoms with Crippen LogP contribution in [0.15, 0.2) is 18.3 Å². The second-order valence-electron chi connectivity index (χ2n) is 4.72. The number of amides is 1. The standard InChI is InChI=1S/C13H19N3O2/c1-14-13(18)12-7-10(4-5-15-12)16-8-9-2-3-11(17)6-9/h4-5,7,9,11,17H,2-3,6,8H2,1H3,(H,14,18)(H,15,16). The van der Waals surface area contributed by atoms with E-state index < -0.39 is 0 Å². The maximum absolute atomic E-state index is 11.4. The Hall–Kier alpha value is -1.62. The highest BCUT2D eigenvalue weighted by atomic mass is 16.3. The summed E-state index contributed by atoms with van der Waals surface area (Å²) in [5.74, 6) is 0.326. The van der Waals surface area contributed by atoms with Crippen LogP contribution in [0.2, 0.25) is 0 Å². The van der Waals surface area contributed by atoms with Gasteiger partial charge >= 0.3 is 0 Å². The van der Waals surface area contributed by atoms with Crippen molar-refractivity contribution < 1.29 is 9.90 Å². The SMILES string of the molecule is CNC(=O)c1cc(NCC2CCC(O)C2)ccn1. The fraction of sp³-hybridized carbons (Fsp3) is 0.538. The van der Waals surface area contributed by atoms with E-state index in [1.807, 2.05) is 6.07 Å². The fourth-order valence-corrected chi connectivity index (χ4v) is 2.29. The van der Waals surface area contributed by atoms with Crippen molar-refractivity contribution in [2.24, 2.45) is 5.92 Å². The van der Waals surface area contributed by atoms with Crippen molar-refractivity contribution >= 4 is 11.6 Å². The van der Waals surface area contributed by atoms with Crippen LogP contribution in [0.5, 0.6) is 0 Å². The smallest absolute Gasteiger partial charge is 0.269 e. The van der Waals surface area contributed by atoms with Crippen molar-refractivity contribution in [1.29, 1.82) is 0 Å². The summed E-state index contributed by atoms with van der Waals surface area (Å²) in [6.45, 7) is 0.828. The lowest BCUT2D eigenvalue weighted by Gasteiger charge is -2.12. The number of carbonyl (C=O) groups is 1. The van der Waals surface area contributed by atoms with Gasteiger partial charge in [-0.2, -0.15) is 0 Å². The summed E-state index contributed by atoms with van der Waals surface area (Å²) in [4.78, 5) is 15.4. The van der Waals surface area contributed by atoms with Crippen LogP contribution in [-0.4, -0.2) is 35.7 Å². The van der Waals surface area contributed by atoms with Gasteiger partial charge in [0.25, 0.3) is 5.91 Å². The van der Waals surface area contributed by atoms with Crippen LogP contribution < -0.4 is 10.6 Å². The normalized spacial score (nSPS) is 22.8. The molecule has 1 heterocycles. The average Bonchev–Trinajstić information content (AvgIpc) is 2.81. The quantitative estimate of drug-likeness (QED) is 0.744. The summed E-state index contributed by atoms with van der Waals surface area (Å²) in [5.41, 5.74) is 1.30. The first-order chi connectivity index (χ1) is 8.69. The van der Waals surface area contributed by atoms with Crippen LogP contribution in [0, 0.1) is 5.92 Å². The summed E-state index contributed by atoms with van der Waals surface area (Å²) in [5, 5.41) is 15.3. The zero-order valence-corrected chi connectivity index (χ0v) is 10.5. The molecule has 18 heavy (non-hydrogen) atoms. The van der Waals surface area contributed by atoms with Crippen molar-refractivity contribution in [2.75, 3.05) is 18.9 Å². The molecular weight excluding hydrogens is 230 g/mol. The molecule has 2 unspecified atom stereocenters. The van der Waals surface area contributed by atoms with Gasteiger partial charge in [0.05, 0.1) is 6.10 Å². The minimum Gasteiger partial charge on any atom is -0.393 e. The number of nitrogens with one attached hydrogen (secondary N) is 2. The minimum absolute atomic E-state index is 0.143. The lowest BCUT2D eigenvalue weighted by atomic mass is 10.1. The maximum atomic E-state index is 11.4. The topological polar surface area (TPSA) is 74.2 Å². The molecule has 5 heteroatoms. The number of hydrogen-bond acceptors (Lipinski definition) is 4. The second-order valence-corrected chi connectivity index (χ2v) is 4.72. The lowest BCUT2D eigenvalue weighted by molar-refractivity contribution is 0.0958. The van der Waals surface area contributed by atoms with Crippen molar-refractivity contribution in [2.45, 2.75) is 25.4 Å². The molecule has 1 aromatic heterocycles. The molecule has 0 spiro atoms. The molecule has 0 bridgehead atoms. The Morgan fingerprint density at radius 3 is 3.06 bits per heavy atom. The first-order valence-electron chi connectivity index (χ1n) is 6.29. The third-order valence-electron chi connectivity index (χ3n) is 3.33. The van der Waals surface area contributed by atoms with Crippen LogP contribution in [-0.2, 0) is 0 Å². The van der Waals surface area contributed by atoms with E-state index in [1.165, 1.54) is 0 Å².